The Labute approximate surface area is 151 Å². The van der Waals surface area contributed by atoms with Gasteiger partial charge in [0.2, 0.25) is 0 Å². The van der Waals surface area contributed by atoms with Gasteiger partial charge in [-0.05, 0) is 34.8 Å². The maximum atomic E-state index is 5.79. The molecule has 130 valence electrons. The number of hydrogen-bond donors (Lipinski definition) is 0. The Morgan fingerprint density at radius 3 is 1.48 bits per heavy atom. The molecule has 2 rings (SSSR count). The van der Waals surface area contributed by atoms with Crippen LogP contribution in [-0.2, 0) is 22.7 Å². The highest BCUT2D eigenvalue weighted by molar-refractivity contribution is 5.47. The van der Waals surface area contributed by atoms with Gasteiger partial charge < -0.3 is 9.47 Å². The Bertz CT molecular complexity index is 634. The molecule has 2 heteroatoms. The molecule has 0 fully saturated rings. The Morgan fingerprint density at radius 1 is 0.760 bits per heavy atom. The molecule has 2 aromatic carbocycles. The zero-order chi connectivity index (χ0) is 17.9. The molecular weight excluding hydrogens is 308 g/mol. The molecule has 0 saturated heterocycles. The molecule has 0 N–H and O–H groups in total. The van der Waals surface area contributed by atoms with E-state index in [9.17, 15) is 0 Å². The number of hydrogen-bond acceptors (Lipinski definition) is 2. The molecule has 0 radical (unpaired) electrons. The van der Waals surface area contributed by atoms with Gasteiger partial charge in [0.05, 0.1) is 26.4 Å². The van der Waals surface area contributed by atoms with E-state index in [0.717, 1.165) is 27.8 Å². The second kappa shape index (κ2) is 10.4. The largest absolute Gasteiger partial charge is 0.372 e. The van der Waals surface area contributed by atoms with Gasteiger partial charge in [-0.2, -0.15) is 0 Å². The van der Waals surface area contributed by atoms with Crippen LogP contribution in [0.15, 0.2) is 73.3 Å². The van der Waals surface area contributed by atoms with Crippen LogP contribution in [0.4, 0.5) is 0 Å². The molecule has 0 aliphatic rings. The second-order valence-corrected chi connectivity index (χ2v) is 5.82. The van der Waals surface area contributed by atoms with E-state index in [0.29, 0.717) is 26.4 Å². The van der Waals surface area contributed by atoms with Crippen molar-refractivity contribution in [1.82, 2.24) is 0 Å². The lowest BCUT2D eigenvalue weighted by Crippen LogP contribution is -2.06. The highest BCUT2D eigenvalue weighted by Crippen LogP contribution is 2.10. The monoisotopic (exact) mass is 334 g/mol. The Balaban J connectivity index is 1.70. The lowest BCUT2D eigenvalue weighted by molar-refractivity contribution is 0.105. The Kier molecular flexibility index (Phi) is 7.90. The number of ether oxygens (including phenoxy) is 2. The van der Waals surface area contributed by atoms with Crippen molar-refractivity contribution in [3.05, 3.63) is 95.6 Å². The zero-order valence-corrected chi connectivity index (χ0v) is 14.9. The van der Waals surface area contributed by atoms with Crippen molar-refractivity contribution in [2.45, 2.75) is 20.1 Å². The van der Waals surface area contributed by atoms with E-state index in [-0.39, 0.29) is 0 Å². The number of benzene rings is 2. The van der Waals surface area contributed by atoms with Gasteiger partial charge in [-0.15, -0.1) is 0 Å². The fraction of sp³-hybridized carbons (Fsp3) is 0.217. The fourth-order valence-corrected chi connectivity index (χ4v) is 2.31. The quantitative estimate of drug-likeness (QED) is 0.523. The van der Waals surface area contributed by atoms with Gasteiger partial charge in [0.25, 0.3) is 0 Å². The van der Waals surface area contributed by atoms with Crippen LogP contribution in [0.25, 0.3) is 12.2 Å². The molecule has 25 heavy (non-hydrogen) atoms. The van der Waals surface area contributed by atoms with Gasteiger partial charge in [-0.1, -0.05) is 79.9 Å². The van der Waals surface area contributed by atoms with Crippen molar-refractivity contribution in [1.29, 1.82) is 0 Å². The molecule has 0 spiro atoms. The highest BCUT2D eigenvalue weighted by Gasteiger charge is 2.00. The molecule has 0 saturated carbocycles. The minimum Gasteiger partial charge on any atom is -0.372 e. The summed E-state index contributed by atoms with van der Waals surface area (Å²) in [7, 11) is 0. The van der Waals surface area contributed by atoms with Crippen LogP contribution >= 0.6 is 0 Å². The predicted molar refractivity (Wildman–Crippen MR) is 106 cm³/mol. The third kappa shape index (κ3) is 6.54. The first-order valence-electron chi connectivity index (χ1n) is 8.47. The SMILES string of the molecule is C=Cc1ccc(COCC(=CC)COCc2ccc(C=C)cc2)cc1. The molecule has 0 unspecified atom stereocenters. The summed E-state index contributed by atoms with van der Waals surface area (Å²) in [5, 5.41) is 0. The topological polar surface area (TPSA) is 18.5 Å². The molecule has 2 nitrogen and oxygen atoms in total. The molecule has 0 aliphatic carbocycles. The molecule has 0 atom stereocenters. The van der Waals surface area contributed by atoms with Crippen molar-refractivity contribution in [3.8, 4) is 0 Å². The average Bonchev–Trinajstić information content (AvgIpc) is 2.67. The predicted octanol–water partition coefficient (Wildman–Crippen LogP) is 5.65. The van der Waals surface area contributed by atoms with E-state index in [2.05, 4.69) is 43.5 Å². The van der Waals surface area contributed by atoms with E-state index < -0.39 is 0 Å². The summed E-state index contributed by atoms with van der Waals surface area (Å²) in [5.74, 6) is 0. The van der Waals surface area contributed by atoms with Crippen molar-refractivity contribution in [2.75, 3.05) is 13.2 Å². The molecule has 2 aromatic rings. The van der Waals surface area contributed by atoms with Gasteiger partial charge in [-0.3, -0.25) is 0 Å². The minimum atomic E-state index is 0.578. The number of rotatable bonds is 10. The van der Waals surface area contributed by atoms with Crippen LogP contribution in [0.5, 0.6) is 0 Å². The van der Waals surface area contributed by atoms with E-state index in [1.54, 1.807) is 0 Å². The standard InChI is InChI=1S/C23H26O2/c1-4-19-7-11-22(12-8-19)17-24-15-21(6-3)16-25-18-23-13-9-20(5-2)10-14-23/h4-14H,1-2,15-18H2,3H3. The minimum absolute atomic E-state index is 0.578. The van der Waals surface area contributed by atoms with Crippen molar-refractivity contribution >= 4 is 12.2 Å². The fourth-order valence-electron chi connectivity index (χ4n) is 2.31. The van der Waals surface area contributed by atoms with Gasteiger partial charge in [0, 0.05) is 0 Å². The molecular formula is C23H26O2. The van der Waals surface area contributed by atoms with Gasteiger partial charge in [0.15, 0.2) is 0 Å². The summed E-state index contributed by atoms with van der Waals surface area (Å²) in [6, 6.07) is 16.4. The molecule has 0 bridgehead atoms. The first-order valence-corrected chi connectivity index (χ1v) is 8.47. The number of allylic oxidation sites excluding steroid dienone is 1. The van der Waals surface area contributed by atoms with Crippen LogP contribution in [0.3, 0.4) is 0 Å². The van der Waals surface area contributed by atoms with Crippen LogP contribution in [0.2, 0.25) is 0 Å². The maximum Gasteiger partial charge on any atom is 0.0721 e. The smallest absolute Gasteiger partial charge is 0.0721 e. The van der Waals surface area contributed by atoms with Crippen LogP contribution < -0.4 is 0 Å². The van der Waals surface area contributed by atoms with Crippen LogP contribution in [0.1, 0.15) is 29.2 Å². The maximum absolute atomic E-state index is 5.79. The van der Waals surface area contributed by atoms with Gasteiger partial charge in [-0.25, -0.2) is 0 Å². The average molecular weight is 334 g/mol. The molecule has 0 amide bonds. The van der Waals surface area contributed by atoms with Crippen molar-refractivity contribution in [3.63, 3.8) is 0 Å². The normalized spacial score (nSPS) is 10.3. The Morgan fingerprint density at radius 2 is 1.16 bits per heavy atom. The molecule has 0 aliphatic heterocycles. The summed E-state index contributed by atoms with van der Waals surface area (Å²) in [4.78, 5) is 0. The summed E-state index contributed by atoms with van der Waals surface area (Å²) < 4.78 is 11.6. The summed E-state index contributed by atoms with van der Waals surface area (Å²) in [6.45, 7) is 11.9. The third-order valence-corrected chi connectivity index (χ3v) is 3.95. The van der Waals surface area contributed by atoms with E-state index >= 15 is 0 Å². The highest BCUT2D eigenvalue weighted by atomic mass is 16.5. The van der Waals surface area contributed by atoms with E-state index in [1.165, 1.54) is 0 Å². The van der Waals surface area contributed by atoms with Crippen LogP contribution in [-0.4, -0.2) is 13.2 Å². The first-order chi connectivity index (χ1) is 12.2. The molecule has 0 aromatic heterocycles. The van der Waals surface area contributed by atoms with E-state index in [4.69, 9.17) is 9.47 Å². The van der Waals surface area contributed by atoms with Crippen molar-refractivity contribution < 1.29 is 9.47 Å². The summed E-state index contributed by atoms with van der Waals surface area (Å²) >= 11 is 0. The third-order valence-electron chi connectivity index (χ3n) is 3.95. The molecule has 0 heterocycles. The lowest BCUT2D eigenvalue weighted by atomic mass is 10.1. The zero-order valence-electron chi connectivity index (χ0n) is 14.9. The summed E-state index contributed by atoms with van der Waals surface area (Å²) in [5.41, 5.74) is 5.69. The first kappa shape index (κ1) is 18.9. The van der Waals surface area contributed by atoms with Gasteiger partial charge in [0.1, 0.15) is 0 Å². The lowest BCUT2D eigenvalue weighted by Gasteiger charge is -2.10. The summed E-state index contributed by atoms with van der Waals surface area (Å²) in [6.07, 6.45) is 5.73. The van der Waals surface area contributed by atoms with Crippen LogP contribution in [0, 0.1) is 0 Å². The van der Waals surface area contributed by atoms with Crippen molar-refractivity contribution in [2.24, 2.45) is 0 Å². The second-order valence-electron chi connectivity index (χ2n) is 5.82. The van der Waals surface area contributed by atoms with Gasteiger partial charge >= 0.3 is 0 Å². The van der Waals surface area contributed by atoms with E-state index in [1.807, 2.05) is 43.3 Å². The Hall–Kier alpha value is -2.42.